The summed E-state index contributed by atoms with van der Waals surface area (Å²) < 4.78 is 0. The summed E-state index contributed by atoms with van der Waals surface area (Å²) in [6, 6.07) is 16.9. The maximum atomic E-state index is 13.4. The van der Waals surface area contributed by atoms with Crippen molar-refractivity contribution in [3.8, 4) is 0 Å². The molecule has 8 nitrogen and oxygen atoms in total. The van der Waals surface area contributed by atoms with E-state index in [1.807, 2.05) is 50.2 Å². The molecule has 1 aliphatic heterocycles. The fourth-order valence-electron chi connectivity index (χ4n) is 3.46. The molecule has 0 bridgehead atoms. The van der Waals surface area contributed by atoms with Crippen LogP contribution in [0.4, 0.5) is 9.59 Å². The molecule has 0 radical (unpaired) electrons. The van der Waals surface area contributed by atoms with Crippen molar-refractivity contribution >= 4 is 23.9 Å². The van der Waals surface area contributed by atoms with E-state index < -0.39 is 36.0 Å². The van der Waals surface area contributed by atoms with E-state index in [4.69, 9.17) is 0 Å². The molecule has 0 unspecified atom stereocenters. The predicted molar refractivity (Wildman–Crippen MR) is 115 cm³/mol. The van der Waals surface area contributed by atoms with Crippen molar-refractivity contribution < 1.29 is 19.2 Å². The zero-order valence-corrected chi connectivity index (χ0v) is 17.6. The summed E-state index contributed by atoms with van der Waals surface area (Å²) in [5.74, 6) is -1.06. The molecule has 2 aromatic carbocycles. The van der Waals surface area contributed by atoms with Gasteiger partial charge in [0, 0.05) is 13.0 Å². The van der Waals surface area contributed by atoms with E-state index in [0.29, 0.717) is 12.1 Å². The number of imide groups is 2. The molecule has 0 saturated carbocycles. The summed E-state index contributed by atoms with van der Waals surface area (Å²) in [7, 11) is 0. The molecule has 3 N–H and O–H groups in total. The van der Waals surface area contributed by atoms with Crippen molar-refractivity contribution in [1.29, 1.82) is 0 Å². The monoisotopic (exact) mass is 422 g/mol. The smallest absolute Gasteiger partial charge is 0.325 e. The van der Waals surface area contributed by atoms with Gasteiger partial charge in [0.15, 0.2) is 5.54 Å². The topological polar surface area (TPSA) is 108 Å². The van der Waals surface area contributed by atoms with Gasteiger partial charge in [-0.15, -0.1) is 0 Å². The van der Waals surface area contributed by atoms with Crippen LogP contribution in [0.2, 0.25) is 0 Å². The lowest BCUT2D eigenvalue weighted by atomic mass is 9.83. The first kappa shape index (κ1) is 22.0. The molecule has 31 heavy (non-hydrogen) atoms. The predicted octanol–water partition coefficient (Wildman–Crippen LogP) is 2.16. The van der Waals surface area contributed by atoms with E-state index in [2.05, 4.69) is 16.0 Å². The molecule has 3 rings (SSSR count). The molecule has 1 aliphatic rings. The number of amides is 6. The van der Waals surface area contributed by atoms with Gasteiger partial charge in [-0.05, 0) is 17.0 Å². The van der Waals surface area contributed by atoms with Gasteiger partial charge in [0.2, 0.25) is 5.91 Å². The van der Waals surface area contributed by atoms with Crippen molar-refractivity contribution in [2.24, 2.45) is 5.92 Å². The zero-order valence-electron chi connectivity index (χ0n) is 17.6. The van der Waals surface area contributed by atoms with E-state index >= 15 is 0 Å². The van der Waals surface area contributed by atoms with Crippen LogP contribution in [0.25, 0.3) is 0 Å². The van der Waals surface area contributed by atoms with Crippen LogP contribution >= 0.6 is 0 Å². The van der Waals surface area contributed by atoms with Crippen LogP contribution in [0.5, 0.6) is 0 Å². The number of carbonyl (C=O) groups excluding carboxylic acids is 4. The molecule has 0 spiro atoms. The fourth-order valence-corrected chi connectivity index (χ4v) is 3.46. The summed E-state index contributed by atoms with van der Waals surface area (Å²) in [5.41, 5.74) is 0.147. The van der Waals surface area contributed by atoms with E-state index in [0.717, 1.165) is 10.5 Å². The molecule has 1 atom stereocenters. The van der Waals surface area contributed by atoms with Crippen LogP contribution in [0.1, 0.15) is 25.0 Å². The van der Waals surface area contributed by atoms with Crippen molar-refractivity contribution in [3.05, 3.63) is 71.8 Å². The molecule has 1 heterocycles. The first-order valence-corrected chi connectivity index (χ1v) is 10.1. The highest BCUT2D eigenvalue weighted by Crippen LogP contribution is 2.32. The maximum Gasteiger partial charge on any atom is 0.325 e. The highest BCUT2D eigenvalue weighted by atomic mass is 16.2. The van der Waals surface area contributed by atoms with Crippen LogP contribution in [0.15, 0.2) is 60.7 Å². The largest absolute Gasteiger partial charge is 0.338 e. The Kier molecular flexibility index (Phi) is 6.69. The lowest BCUT2D eigenvalue weighted by molar-refractivity contribution is -0.135. The van der Waals surface area contributed by atoms with Gasteiger partial charge in [-0.25, -0.2) is 9.59 Å². The molecule has 2 aromatic rings. The van der Waals surface area contributed by atoms with Gasteiger partial charge >= 0.3 is 12.1 Å². The number of nitrogens with zero attached hydrogens (tertiary/aromatic N) is 1. The Morgan fingerprint density at radius 1 is 1.00 bits per heavy atom. The Hall–Kier alpha value is -3.68. The number of carbonyl (C=O) groups is 4. The molecule has 0 aromatic heterocycles. The maximum absolute atomic E-state index is 13.4. The van der Waals surface area contributed by atoms with Crippen molar-refractivity contribution in [1.82, 2.24) is 20.9 Å². The van der Waals surface area contributed by atoms with Crippen molar-refractivity contribution in [2.75, 3.05) is 13.1 Å². The second-order valence-corrected chi connectivity index (χ2v) is 7.91. The first-order valence-electron chi connectivity index (χ1n) is 10.1. The number of nitrogens with one attached hydrogen (secondary N) is 3. The SMILES string of the molecule is CC(C)CNC(=O)NC(=O)CN1C(=O)N[C@@](Cc2ccccc2)(c2ccccc2)C1=O. The number of benzene rings is 2. The molecule has 8 heteroatoms. The lowest BCUT2D eigenvalue weighted by Crippen LogP contribution is -2.48. The van der Waals surface area contributed by atoms with Gasteiger partial charge < -0.3 is 10.6 Å². The van der Waals surface area contributed by atoms with E-state index in [1.165, 1.54) is 0 Å². The van der Waals surface area contributed by atoms with Gasteiger partial charge in [0.1, 0.15) is 6.54 Å². The minimum Gasteiger partial charge on any atom is -0.338 e. The van der Waals surface area contributed by atoms with Crippen LogP contribution < -0.4 is 16.0 Å². The summed E-state index contributed by atoms with van der Waals surface area (Å²) in [6.07, 6.45) is 0.232. The van der Waals surface area contributed by atoms with Gasteiger partial charge in [-0.3, -0.25) is 19.8 Å². The molecule has 6 amide bonds. The van der Waals surface area contributed by atoms with Crippen LogP contribution in [-0.2, 0) is 21.5 Å². The first-order chi connectivity index (χ1) is 14.8. The average Bonchev–Trinajstić information content (AvgIpc) is 2.98. The van der Waals surface area contributed by atoms with Crippen LogP contribution in [-0.4, -0.2) is 41.9 Å². The standard InChI is InChI=1S/C23H26N4O4/c1-16(2)14-24-21(30)25-19(28)15-27-20(29)23(26-22(27)31,18-11-7-4-8-12-18)13-17-9-5-3-6-10-17/h3-12,16H,13-15H2,1-2H3,(H,26,31)(H2,24,25,28,30)/t23-/m0/s1. The Labute approximate surface area is 181 Å². The minimum absolute atomic E-state index is 0.219. The minimum atomic E-state index is -1.33. The van der Waals surface area contributed by atoms with Crippen molar-refractivity contribution in [2.45, 2.75) is 25.8 Å². The van der Waals surface area contributed by atoms with Gasteiger partial charge in [-0.1, -0.05) is 74.5 Å². The van der Waals surface area contributed by atoms with E-state index in [-0.39, 0.29) is 12.3 Å². The van der Waals surface area contributed by atoms with Crippen molar-refractivity contribution in [3.63, 3.8) is 0 Å². The summed E-state index contributed by atoms with van der Waals surface area (Å²) in [4.78, 5) is 51.1. The van der Waals surface area contributed by atoms with Gasteiger partial charge in [0.25, 0.3) is 5.91 Å². The number of hydrogen-bond donors (Lipinski definition) is 3. The molecular formula is C23H26N4O4. The third kappa shape index (κ3) is 5.09. The summed E-state index contributed by atoms with van der Waals surface area (Å²) in [6.45, 7) is 3.69. The molecule has 162 valence electrons. The zero-order chi connectivity index (χ0) is 22.4. The Balaban J connectivity index is 1.80. The highest BCUT2D eigenvalue weighted by Gasteiger charge is 2.52. The number of urea groups is 2. The molecular weight excluding hydrogens is 396 g/mol. The normalized spacial score (nSPS) is 18.1. The number of rotatable bonds is 7. The number of hydrogen-bond acceptors (Lipinski definition) is 4. The van der Waals surface area contributed by atoms with Crippen LogP contribution in [0, 0.1) is 5.92 Å². The third-order valence-corrected chi connectivity index (χ3v) is 4.98. The average molecular weight is 422 g/mol. The second-order valence-electron chi connectivity index (χ2n) is 7.91. The molecule has 1 saturated heterocycles. The fraction of sp³-hybridized carbons (Fsp3) is 0.304. The summed E-state index contributed by atoms with van der Waals surface area (Å²) in [5, 5.41) is 7.51. The van der Waals surface area contributed by atoms with E-state index in [9.17, 15) is 19.2 Å². The second kappa shape index (κ2) is 9.42. The third-order valence-electron chi connectivity index (χ3n) is 4.98. The summed E-state index contributed by atoms with van der Waals surface area (Å²) >= 11 is 0. The highest BCUT2D eigenvalue weighted by molar-refractivity contribution is 6.10. The Bertz CT molecular complexity index is 962. The van der Waals surface area contributed by atoms with Gasteiger partial charge in [-0.2, -0.15) is 0 Å². The Morgan fingerprint density at radius 3 is 2.23 bits per heavy atom. The quantitative estimate of drug-likeness (QED) is 0.594. The molecule has 1 fully saturated rings. The van der Waals surface area contributed by atoms with Gasteiger partial charge in [0.05, 0.1) is 0 Å². The van der Waals surface area contributed by atoms with E-state index in [1.54, 1.807) is 24.3 Å². The van der Waals surface area contributed by atoms with Crippen LogP contribution in [0.3, 0.4) is 0 Å². The molecule has 0 aliphatic carbocycles. The Morgan fingerprint density at radius 2 is 1.61 bits per heavy atom. The lowest BCUT2D eigenvalue weighted by Gasteiger charge is -2.27.